The summed E-state index contributed by atoms with van der Waals surface area (Å²) in [6, 6.07) is -1.71. The highest BCUT2D eigenvalue weighted by Gasteiger charge is 2.31. The topological polar surface area (TPSA) is 127 Å². The highest BCUT2D eigenvalue weighted by atomic mass is 16.4. The summed E-state index contributed by atoms with van der Waals surface area (Å²) in [5.41, 5.74) is 0. The number of carbonyl (C=O) groups is 2. The first kappa shape index (κ1) is 12.8. The third-order valence-electron chi connectivity index (χ3n) is 1.88. The molecule has 0 aromatic rings. The van der Waals surface area contributed by atoms with Crippen LogP contribution in [0.4, 0.5) is 0 Å². The lowest BCUT2D eigenvalue weighted by Gasteiger charge is -2.25. The number of amides is 1. The minimum Gasteiger partial charge on any atom is -0.394 e. The van der Waals surface area contributed by atoms with Gasteiger partial charge in [-0.05, 0) is 6.08 Å². The van der Waals surface area contributed by atoms with Crippen molar-refractivity contribution in [2.75, 3.05) is 6.61 Å². The Balaban J connectivity index is 4.75. The molecule has 7 nitrogen and oxygen atoms in total. The molecule has 16 heavy (non-hydrogen) atoms. The molecule has 1 amide bonds. The quantitative estimate of drug-likeness (QED) is 0.235. The van der Waals surface area contributed by atoms with E-state index in [0.717, 1.165) is 6.08 Å². The Hall–Kier alpha value is -1.28. The molecule has 92 valence electrons. The van der Waals surface area contributed by atoms with E-state index in [-0.39, 0.29) is 0 Å². The zero-order chi connectivity index (χ0) is 13.6. The van der Waals surface area contributed by atoms with E-state index in [1.807, 2.05) is 5.32 Å². The first-order valence-electron chi connectivity index (χ1n) is 4.93. The molecular weight excluding hydrogens is 218 g/mol. The summed E-state index contributed by atoms with van der Waals surface area (Å²) in [4.78, 5) is 21.8. The third-order valence-corrected chi connectivity index (χ3v) is 1.88. The summed E-state index contributed by atoms with van der Waals surface area (Å²) in [6.45, 7) is 2.27. The number of aldehydes is 1. The molecule has 7 heteroatoms. The van der Waals surface area contributed by atoms with Gasteiger partial charge in [-0.3, -0.25) is 4.79 Å². The van der Waals surface area contributed by atoms with Crippen molar-refractivity contribution >= 4 is 12.2 Å². The average Bonchev–Trinajstić information content (AvgIpc) is 2.32. The van der Waals surface area contributed by atoms with Gasteiger partial charge in [-0.1, -0.05) is 6.58 Å². The molecule has 0 unspecified atom stereocenters. The molecule has 0 bridgehead atoms. The first-order valence-corrected chi connectivity index (χ1v) is 4.43. The summed E-state index contributed by atoms with van der Waals surface area (Å²) in [5.74, 6) is -0.819. The Kier molecular flexibility index (Phi) is 5.65. The molecule has 0 saturated carbocycles. The molecule has 0 radical (unpaired) electrons. The van der Waals surface area contributed by atoms with Gasteiger partial charge in [0.1, 0.15) is 32.0 Å². The van der Waals surface area contributed by atoms with Crippen LogP contribution in [0.1, 0.15) is 1.37 Å². The minimum absolute atomic E-state index is 0.817. The summed E-state index contributed by atoms with van der Waals surface area (Å²) in [7, 11) is 0. The number of aliphatic hydroxyl groups excluding tert-OH is 4. The standard InChI is InChI=1S/C9H15NO6/c1-2-7(14)10-5(3-11)8(15)9(16)6(13)4-12/h2-3,5-6,8-9,12-13,15-16H,1,4H2,(H,10,14)/t5-,6+,8+,9+/m0/s1/i3D. The van der Waals surface area contributed by atoms with Crippen molar-refractivity contribution in [2.45, 2.75) is 24.4 Å². The smallest absolute Gasteiger partial charge is 0.244 e. The van der Waals surface area contributed by atoms with Crippen LogP contribution in [0.15, 0.2) is 12.7 Å². The van der Waals surface area contributed by atoms with Gasteiger partial charge in [0.05, 0.1) is 6.61 Å². The van der Waals surface area contributed by atoms with Gasteiger partial charge in [-0.25, -0.2) is 0 Å². The van der Waals surface area contributed by atoms with Gasteiger partial charge in [-0.2, -0.15) is 0 Å². The summed E-state index contributed by atoms with van der Waals surface area (Å²) in [6.07, 6.45) is -6.00. The molecule has 0 aliphatic carbocycles. The maximum atomic E-state index is 10.9. The van der Waals surface area contributed by atoms with Crippen molar-refractivity contribution in [2.24, 2.45) is 0 Å². The van der Waals surface area contributed by atoms with E-state index in [0.29, 0.717) is 0 Å². The maximum absolute atomic E-state index is 10.9. The highest BCUT2D eigenvalue weighted by Crippen LogP contribution is 2.03. The number of aliphatic hydroxyl groups is 4. The van der Waals surface area contributed by atoms with E-state index in [2.05, 4.69) is 6.58 Å². The van der Waals surface area contributed by atoms with Crippen LogP contribution in [0.3, 0.4) is 0 Å². The van der Waals surface area contributed by atoms with Gasteiger partial charge >= 0.3 is 0 Å². The molecule has 0 aromatic heterocycles. The molecule has 0 aliphatic rings. The summed E-state index contributed by atoms with van der Waals surface area (Å²) < 4.78 is 6.82. The maximum Gasteiger partial charge on any atom is 0.244 e. The molecule has 0 aliphatic heterocycles. The number of nitrogens with one attached hydrogen (secondary N) is 1. The normalized spacial score (nSPS) is 18.9. The van der Waals surface area contributed by atoms with Gasteiger partial charge in [-0.15, -0.1) is 0 Å². The van der Waals surface area contributed by atoms with Gasteiger partial charge in [0, 0.05) is 0 Å². The van der Waals surface area contributed by atoms with Crippen LogP contribution in [-0.4, -0.2) is 63.6 Å². The predicted octanol–water partition coefficient (Wildman–Crippen LogP) is -3.07. The lowest BCUT2D eigenvalue weighted by molar-refractivity contribution is -0.128. The Morgan fingerprint density at radius 1 is 1.44 bits per heavy atom. The zero-order valence-corrected chi connectivity index (χ0v) is 8.41. The van der Waals surface area contributed by atoms with E-state index in [9.17, 15) is 19.8 Å². The Labute approximate surface area is 93.4 Å². The molecule has 4 atom stereocenters. The summed E-state index contributed by atoms with van der Waals surface area (Å²) in [5, 5.41) is 38.3. The molecule has 0 rings (SSSR count). The predicted molar refractivity (Wildman–Crippen MR) is 53.3 cm³/mol. The second-order valence-corrected chi connectivity index (χ2v) is 3.04. The molecule has 0 heterocycles. The van der Waals surface area contributed by atoms with E-state index in [4.69, 9.17) is 11.6 Å². The Morgan fingerprint density at radius 2 is 2.00 bits per heavy atom. The third kappa shape index (κ3) is 4.07. The van der Waals surface area contributed by atoms with E-state index >= 15 is 0 Å². The molecule has 0 aromatic carbocycles. The van der Waals surface area contributed by atoms with Crippen LogP contribution in [0.25, 0.3) is 0 Å². The number of hydrogen-bond acceptors (Lipinski definition) is 6. The van der Waals surface area contributed by atoms with Crippen LogP contribution < -0.4 is 5.32 Å². The van der Waals surface area contributed by atoms with E-state index < -0.39 is 43.1 Å². The van der Waals surface area contributed by atoms with Gasteiger partial charge in [0.25, 0.3) is 0 Å². The van der Waals surface area contributed by atoms with Crippen molar-refractivity contribution in [1.29, 1.82) is 0 Å². The van der Waals surface area contributed by atoms with Crippen LogP contribution in [0.2, 0.25) is 0 Å². The van der Waals surface area contributed by atoms with Crippen LogP contribution >= 0.6 is 0 Å². The summed E-state index contributed by atoms with van der Waals surface area (Å²) >= 11 is 0. The monoisotopic (exact) mass is 234 g/mol. The van der Waals surface area contributed by atoms with Crippen molar-refractivity contribution in [3.05, 3.63) is 12.7 Å². The van der Waals surface area contributed by atoms with Crippen LogP contribution in [0, 0.1) is 0 Å². The average molecular weight is 234 g/mol. The number of rotatable bonds is 7. The second-order valence-electron chi connectivity index (χ2n) is 3.04. The van der Waals surface area contributed by atoms with Gasteiger partial charge in [0.2, 0.25) is 5.91 Å². The SMILES string of the molecule is [2H]C(=O)[C@H](NC(=O)C=C)[C@@H](O)[C@H](O)[C@H](O)CO. The number of carbonyl (C=O) groups excluding carboxylic acids is 2. The molecule has 0 saturated heterocycles. The first-order chi connectivity index (χ1) is 7.84. The van der Waals surface area contributed by atoms with E-state index in [1.165, 1.54) is 0 Å². The molecule has 0 fully saturated rings. The van der Waals surface area contributed by atoms with Crippen LogP contribution in [0.5, 0.6) is 0 Å². The lowest BCUT2D eigenvalue weighted by Crippen LogP contribution is -2.53. The second kappa shape index (κ2) is 7.07. The van der Waals surface area contributed by atoms with Crippen molar-refractivity contribution in [3.8, 4) is 0 Å². The van der Waals surface area contributed by atoms with Crippen molar-refractivity contribution in [1.82, 2.24) is 5.32 Å². The number of hydrogen-bond donors (Lipinski definition) is 5. The molecule has 0 spiro atoms. The van der Waals surface area contributed by atoms with Gasteiger partial charge in [0.15, 0.2) is 0 Å². The fourth-order valence-corrected chi connectivity index (χ4v) is 0.930. The Morgan fingerprint density at radius 3 is 2.38 bits per heavy atom. The van der Waals surface area contributed by atoms with Gasteiger partial charge < -0.3 is 30.5 Å². The fraction of sp³-hybridized carbons (Fsp3) is 0.556. The van der Waals surface area contributed by atoms with E-state index in [1.54, 1.807) is 0 Å². The van der Waals surface area contributed by atoms with Crippen LogP contribution in [-0.2, 0) is 9.59 Å². The Bertz CT molecular complexity index is 297. The molecular formula is C9H15NO6. The highest BCUT2D eigenvalue weighted by molar-refractivity contribution is 5.89. The largest absolute Gasteiger partial charge is 0.394 e. The lowest BCUT2D eigenvalue weighted by atomic mass is 10.0. The minimum atomic E-state index is -1.91. The van der Waals surface area contributed by atoms with Crippen molar-refractivity contribution < 1.29 is 31.4 Å². The zero-order valence-electron chi connectivity index (χ0n) is 9.41. The van der Waals surface area contributed by atoms with Crippen molar-refractivity contribution in [3.63, 3.8) is 0 Å². The fourth-order valence-electron chi connectivity index (χ4n) is 0.930. The molecule has 5 N–H and O–H groups in total.